The summed E-state index contributed by atoms with van der Waals surface area (Å²) in [5, 5.41) is 3.44. The largest absolute Gasteiger partial charge is 0.491 e. The predicted octanol–water partition coefficient (Wildman–Crippen LogP) is 1.61. The van der Waals surface area contributed by atoms with Crippen molar-refractivity contribution in [2.75, 3.05) is 25.6 Å². The summed E-state index contributed by atoms with van der Waals surface area (Å²) in [6, 6.07) is 8.92. The maximum absolute atomic E-state index is 5.74. The molecule has 0 saturated heterocycles. The number of hydrogen-bond acceptors (Lipinski definition) is 4. The highest BCUT2D eigenvalue weighted by Crippen LogP contribution is 2.23. The van der Waals surface area contributed by atoms with Gasteiger partial charge in [0.2, 0.25) is 0 Å². The van der Waals surface area contributed by atoms with Crippen LogP contribution < -0.4 is 15.8 Å². The Morgan fingerprint density at radius 1 is 1.24 bits per heavy atom. The van der Waals surface area contributed by atoms with Crippen molar-refractivity contribution in [1.82, 2.24) is 0 Å². The first-order chi connectivity index (χ1) is 8.28. The van der Waals surface area contributed by atoms with Gasteiger partial charge in [-0.3, -0.25) is 0 Å². The summed E-state index contributed by atoms with van der Waals surface area (Å²) in [5.41, 5.74) is 6.87. The Labute approximate surface area is 102 Å². The molecule has 0 atom stereocenters. The molecule has 0 amide bonds. The molecule has 2 rings (SSSR count). The van der Waals surface area contributed by atoms with E-state index in [1.807, 2.05) is 24.3 Å². The van der Waals surface area contributed by atoms with E-state index in [1.54, 1.807) is 7.11 Å². The minimum absolute atomic E-state index is 0.379. The second-order valence-electron chi connectivity index (χ2n) is 4.44. The zero-order valence-corrected chi connectivity index (χ0v) is 10.2. The van der Waals surface area contributed by atoms with Crippen molar-refractivity contribution in [3.8, 4) is 5.75 Å². The molecule has 1 aromatic rings. The molecule has 0 aliphatic heterocycles. The highest BCUT2D eigenvalue weighted by atomic mass is 16.5. The molecule has 1 aromatic carbocycles. The molecule has 4 heteroatoms. The third-order valence-corrected chi connectivity index (χ3v) is 2.96. The summed E-state index contributed by atoms with van der Waals surface area (Å²) < 4.78 is 10.4. The molecular formula is C13H20N2O2. The number of nitrogens with two attached hydrogens (primary N) is 1. The Morgan fingerprint density at radius 2 is 1.94 bits per heavy atom. The first-order valence-electron chi connectivity index (χ1n) is 6.02. The lowest BCUT2D eigenvalue weighted by Gasteiger charge is -2.33. The molecule has 1 aliphatic rings. The van der Waals surface area contributed by atoms with Crippen molar-refractivity contribution >= 4 is 5.69 Å². The van der Waals surface area contributed by atoms with Crippen LogP contribution in [0.4, 0.5) is 5.69 Å². The number of benzene rings is 1. The fraction of sp³-hybridized carbons (Fsp3) is 0.538. The summed E-state index contributed by atoms with van der Waals surface area (Å²) in [5.74, 6) is 0.873. The SMILES string of the molecule is COCCOc1ccc(NC2CC(N)C2)cc1. The molecule has 4 nitrogen and oxygen atoms in total. The van der Waals surface area contributed by atoms with Crippen LogP contribution in [0.5, 0.6) is 5.75 Å². The van der Waals surface area contributed by atoms with Crippen molar-refractivity contribution in [3.63, 3.8) is 0 Å². The molecular weight excluding hydrogens is 216 g/mol. The minimum atomic E-state index is 0.379. The molecule has 0 radical (unpaired) electrons. The average molecular weight is 236 g/mol. The van der Waals surface area contributed by atoms with Crippen LogP contribution in [0.1, 0.15) is 12.8 Å². The fourth-order valence-corrected chi connectivity index (χ4v) is 1.91. The number of ether oxygens (including phenoxy) is 2. The number of hydrogen-bond donors (Lipinski definition) is 2. The first kappa shape index (κ1) is 12.2. The van der Waals surface area contributed by atoms with Gasteiger partial charge in [0.05, 0.1) is 6.61 Å². The second-order valence-corrected chi connectivity index (χ2v) is 4.44. The van der Waals surface area contributed by atoms with Gasteiger partial charge in [0.15, 0.2) is 0 Å². The van der Waals surface area contributed by atoms with E-state index in [2.05, 4.69) is 5.32 Å². The number of rotatable bonds is 6. The van der Waals surface area contributed by atoms with Crippen LogP contribution in [0.25, 0.3) is 0 Å². The first-order valence-corrected chi connectivity index (χ1v) is 6.02. The Kier molecular flexibility index (Phi) is 4.23. The normalized spacial score (nSPS) is 22.9. The molecule has 17 heavy (non-hydrogen) atoms. The van der Waals surface area contributed by atoms with Crippen LogP contribution in [0.15, 0.2) is 24.3 Å². The highest BCUT2D eigenvalue weighted by molar-refractivity contribution is 5.47. The van der Waals surface area contributed by atoms with Gasteiger partial charge in [0.1, 0.15) is 12.4 Å². The minimum Gasteiger partial charge on any atom is -0.491 e. The van der Waals surface area contributed by atoms with Gasteiger partial charge in [0.25, 0.3) is 0 Å². The van der Waals surface area contributed by atoms with Gasteiger partial charge in [-0.15, -0.1) is 0 Å². The van der Waals surface area contributed by atoms with Gasteiger partial charge >= 0.3 is 0 Å². The van der Waals surface area contributed by atoms with Gasteiger partial charge in [-0.05, 0) is 37.1 Å². The monoisotopic (exact) mass is 236 g/mol. The Morgan fingerprint density at radius 3 is 2.53 bits per heavy atom. The van der Waals surface area contributed by atoms with E-state index in [1.165, 1.54) is 0 Å². The lowest BCUT2D eigenvalue weighted by molar-refractivity contribution is 0.146. The van der Waals surface area contributed by atoms with E-state index in [0.29, 0.717) is 25.3 Å². The predicted molar refractivity (Wildman–Crippen MR) is 68.4 cm³/mol. The molecule has 0 bridgehead atoms. The highest BCUT2D eigenvalue weighted by Gasteiger charge is 2.25. The van der Waals surface area contributed by atoms with Crippen LogP contribution in [0.2, 0.25) is 0 Å². The Hall–Kier alpha value is -1.26. The number of nitrogens with one attached hydrogen (secondary N) is 1. The zero-order chi connectivity index (χ0) is 12.1. The van der Waals surface area contributed by atoms with Crippen molar-refractivity contribution < 1.29 is 9.47 Å². The smallest absolute Gasteiger partial charge is 0.119 e. The zero-order valence-electron chi connectivity index (χ0n) is 10.2. The van der Waals surface area contributed by atoms with Crippen molar-refractivity contribution in [2.24, 2.45) is 5.73 Å². The van der Waals surface area contributed by atoms with Gasteiger partial charge in [-0.1, -0.05) is 0 Å². The summed E-state index contributed by atoms with van der Waals surface area (Å²) >= 11 is 0. The van der Waals surface area contributed by atoms with E-state index in [0.717, 1.165) is 24.3 Å². The average Bonchev–Trinajstić information content (AvgIpc) is 2.30. The summed E-state index contributed by atoms with van der Waals surface area (Å²) in [7, 11) is 1.67. The van der Waals surface area contributed by atoms with Crippen LogP contribution in [-0.2, 0) is 4.74 Å². The lowest BCUT2D eigenvalue weighted by atomic mass is 9.87. The topological polar surface area (TPSA) is 56.5 Å². The summed E-state index contributed by atoms with van der Waals surface area (Å²) in [4.78, 5) is 0. The Bertz CT molecular complexity index is 334. The third-order valence-electron chi connectivity index (χ3n) is 2.96. The lowest BCUT2D eigenvalue weighted by Crippen LogP contribution is -2.44. The van der Waals surface area contributed by atoms with Crippen LogP contribution in [0, 0.1) is 0 Å². The molecule has 94 valence electrons. The molecule has 0 spiro atoms. The maximum atomic E-state index is 5.74. The molecule has 3 N–H and O–H groups in total. The fourth-order valence-electron chi connectivity index (χ4n) is 1.91. The number of methoxy groups -OCH3 is 1. The van der Waals surface area contributed by atoms with E-state index < -0.39 is 0 Å². The standard InChI is InChI=1S/C13H20N2O2/c1-16-6-7-17-13-4-2-11(3-5-13)15-12-8-10(14)9-12/h2-5,10,12,15H,6-9,14H2,1H3. The molecule has 0 unspecified atom stereocenters. The van der Waals surface area contributed by atoms with Crippen molar-refractivity contribution in [2.45, 2.75) is 24.9 Å². The van der Waals surface area contributed by atoms with Gasteiger partial charge in [-0.25, -0.2) is 0 Å². The molecule has 0 aromatic heterocycles. The van der Waals surface area contributed by atoms with Crippen molar-refractivity contribution in [3.05, 3.63) is 24.3 Å². The molecule has 1 saturated carbocycles. The molecule has 1 aliphatic carbocycles. The summed E-state index contributed by atoms with van der Waals surface area (Å²) in [6.07, 6.45) is 2.12. The van der Waals surface area contributed by atoms with E-state index in [4.69, 9.17) is 15.2 Å². The van der Waals surface area contributed by atoms with Gasteiger partial charge in [-0.2, -0.15) is 0 Å². The molecule has 1 fully saturated rings. The second kappa shape index (κ2) is 5.89. The Balaban J connectivity index is 1.77. The van der Waals surface area contributed by atoms with E-state index >= 15 is 0 Å². The summed E-state index contributed by atoms with van der Waals surface area (Å²) in [6.45, 7) is 1.20. The third kappa shape index (κ3) is 3.61. The van der Waals surface area contributed by atoms with Crippen LogP contribution in [0.3, 0.4) is 0 Å². The van der Waals surface area contributed by atoms with Crippen LogP contribution in [-0.4, -0.2) is 32.4 Å². The molecule has 0 heterocycles. The van der Waals surface area contributed by atoms with Gasteiger partial charge < -0.3 is 20.5 Å². The van der Waals surface area contributed by atoms with E-state index in [9.17, 15) is 0 Å². The van der Waals surface area contributed by atoms with Crippen molar-refractivity contribution in [1.29, 1.82) is 0 Å². The number of anilines is 1. The van der Waals surface area contributed by atoms with E-state index in [-0.39, 0.29) is 0 Å². The van der Waals surface area contributed by atoms with Gasteiger partial charge in [0, 0.05) is 24.9 Å². The maximum Gasteiger partial charge on any atom is 0.119 e. The quantitative estimate of drug-likeness (QED) is 0.737. The van der Waals surface area contributed by atoms with Crippen LogP contribution >= 0.6 is 0 Å².